The Balaban J connectivity index is 1.08. The topological polar surface area (TPSA) is 47.3 Å². The number of hydrogen-bond donors (Lipinski definition) is 0. The van der Waals surface area contributed by atoms with Crippen LogP contribution in [0.3, 0.4) is 0 Å². The second kappa shape index (κ2) is 12.8. The van der Waals surface area contributed by atoms with Crippen LogP contribution in [0.25, 0.3) is 93.9 Å². The van der Waals surface area contributed by atoms with E-state index in [1.807, 2.05) is 30.3 Å². The van der Waals surface area contributed by atoms with Gasteiger partial charge in [-0.15, -0.1) is 0 Å². The molecule has 58 heavy (non-hydrogen) atoms. The predicted octanol–water partition coefficient (Wildman–Crippen LogP) is 14.8. The van der Waals surface area contributed by atoms with Crippen LogP contribution in [0.4, 0.5) is 17.1 Å². The maximum atomic E-state index is 6.50. The molecule has 12 rings (SSSR count). The fourth-order valence-corrected chi connectivity index (χ4v) is 8.76. The van der Waals surface area contributed by atoms with Gasteiger partial charge in [-0.2, -0.15) is 0 Å². The van der Waals surface area contributed by atoms with E-state index < -0.39 is 0 Å². The van der Waals surface area contributed by atoms with Crippen LogP contribution < -0.4 is 4.90 Å². The van der Waals surface area contributed by atoms with E-state index in [9.17, 15) is 0 Å². The molecule has 0 N–H and O–H groups in total. The van der Waals surface area contributed by atoms with E-state index in [1.165, 1.54) is 27.1 Å². The van der Waals surface area contributed by atoms with Gasteiger partial charge in [0.2, 0.25) is 5.89 Å². The summed E-state index contributed by atoms with van der Waals surface area (Å²) in [5.74, 6) is 0.586. The van der Waals surface area contributed by atoms with Gasteiger partial charge in [-0.25, -0.2) is 4.98 Å². The monoisotopic (exact) mass is 743 g/mol. The van der Waals surface area contributed by atoms with Gasteiger partial charge in [-0.05, 0) is 83.2 Å². The molecule has 9 aromatic carbocycles. The Hall–Kier alpha value is -7.89. The number of fused-ring (bicyclic) bond motifs is 9. The average Bonchev–Trinajstić information content (AvgIpc) is 3.98. The molecule has 0 spiro atoms. The number of hydrogen-bond acceptors (Lipinski definition) is 4. The highest BCUT2D eigenvalue weighted by Crippen LogP contribution is 2.44. The van der Waals surface area contributed by atoms with Gasteiger partial charge in [0, 0.05) is 61.3 Å². The van der Waals surface area contributed by atoms with Crippen LogP contribution in [0.5, 0.6) is 0 Å². The first-order chi connectivity index (χ1) is 28.7. The number of rotatable bonds is 6. The van der Waals surface area contributed by atoms with Crippen LogP contribution in [0.1, 0.15) is 0 Å². The zero-order valence-corrected chi connectivity index (χ0v) is 31.2. The van der Waals surface area contributed by atoms with Crippen LogP contribution in [0.2, 0.25) is 0 Å². The van der Waals surface area contributed by atoms with Gasteiger partial charge in [-0.1, -0.05) is 127 Å². The molecule has 0 amide bonds. The molecule has 0 bridgehead atoms. The highest BCUT2D eigenvalue weighted by Gasteiger charge is 2.22. The lowest BCUT2D eigenvalue weighted by molar-refractivity contribution is 0.620. The van der Waals surface area contributed by atoms with Crippen LogP contribution >= 0.6 is 0 Å². The van der Waals surface area contributed by atoms with Crippen molar-refractivity contribution in [1.82, 2.24) is 9.55 Å². The molecule has 0 radical (unpaired) electrons. The fourth-order valence-electron chi connectivity index (χ4n) is 8.76. The van der Waals surface area contributed by atoms with Crippen molar-refractivity contribution in [3.63, 3.8) is 0 Å². The highest BCUT2D eigenvalue weighted by atomic mass is 16.3. The van der Waals surface area contributed by atoms with Gasteiger partial charge in [-0.3, -0.25) is 0 Å². The zero-order valence-electron chi connectivity index (χ0n) is 31.2. The molecule has 3 heterocycles. The predicted molar refractivity (Wildman–Crippen MR) is 239 cm³/mol. The van der Waals surface area contributed by atoms with Crippen molar-refractivity contribution in [2.45, 2.75) is 0 Å². The van der Waals surface area contributed by atoms with Gasteiger partial charge in [0.25, 0.3) is 0 Å². The van der Waals surface area contributed by atoms with E-state index in [1.54, 1.807) is 0 Å². The Bertz CT molecular complexity index is 3520. The summed E-state index contributed by atoms with van der Waals surface area (Å²) in [4.78, 5) is 7.42. The second-order valence-corrected chi connectivity index (χ2v) is 14.8. The summed E-state index contributed by atoms with van der Waals surface area (Å²) in [6.07, 6.45) is 0. The quantitative estimate of drug-likeness (QED) is 0.170. The number of aromatic nitrogens is 2. The smallest absolute Gasteiger partial charge is 0.227 e. The molecule has 0 aliphatic carbocycles. The summed E-state index contributed by atoms with van der Waals surface area (Å²) >= 11 is 0. The van der Waals surface area contributed by atoms with Crippen molar-refractivity contribution in [3.8, 4) is 28.3 Å². The van der Waals surface area contributed by atoms with Gasteiger partial charge < -0.3 is 18.3 Å². The fraction of sp³-hybridized carbons (Fsp3) is 0. The van der Waals surface area contributed by atoms with Crippen LogP contribution in [0, 0.1) is 0 Å². The molecule has 0 saturated carbocycles. The summed E-state index contributed by atoms with van der Waals surface area (Å²) in [7, 11) is 0. The van der Waals surface area contributed by atoms with Crippen molar-refractivity contribution >= 4 is 82.7 Å². The molecule has 5 nitrogen and oxygen atoms in total. The minimum absolute atomic E-state index is 0.586. The Morgan fingerprint density at radius 2 is 1.05 bits per heavy atom. The second-order valence-electron chi connectivity index (χ2n) is 14.8. The molecule has 0 aliphatic rings. The SMILES string of the molecule is c1ccc(-c2ccccc2-c2nc3cc(N(c4ccc5c(c4)oc4ccccc45)c4ccc5c6ccc7ccccc7c6n(-c6ccccc6)c5c4)ccc3o2)cc1. The Morgan fingerprint density at radius 1 is 0.414 bits per heavy atom. The molecular weight excluding hydrogens is 711 g/mol. The Kier molecular flexibility index (Phi) is 7.16. The van der Waals surface area contributed by atoms with E-state index in [0.717, 1.165) is 78.0 Å². The minimum Gasteiger partial charge on any atom is -0.456 e. The van der Waals surface area contributed by atoms with Crippen molar-refractivity contribution < 1.29 is 8.83 Å². The third kappa shape index (κ3) is 5.07. The number of para-hydroxylation sites is 2. The number of benzene rings is 9. The third-order valence-corrected chi connectivity index (χ3v) is 11.4. The lowest BCUT2D eigenvalue weighted by atomic mass is 10.00. The number of furan rings is 1. The summed E-state index contributed by atoms with van der Waals surface area (Å²) in [5.41, 5.74) is 12.7. The van der Waals surface area contributed by atoms with Crippen molar-refractivity contribution in [3.05, 3.63) is 200 Å². The minimum atomic E-state index is 0.586. The number of oxazole rings is 1. The lowest BCUT2D eigenvalue weighted by Crippen LogP contribution is -2.10. The first-order valence-corrected chi connectivity index (χ1v) is 19.5. The Morgan fingerprint density at radius 3 is 1.91 bits per heavy atom. The van der Waals surface area contributed by atoms with Crippen LogP contribution in [-0.4, -0.2) is 9.55 Å². The molecule has 272 valence electrons. The van der Waals surface area contributed by atoms with E-state index in [-0.39, 0.29) is 0 Å². The summed E-state index contributed by atoms with van der Waals surface area (Å²) in [5, 5.41) is 7.02. The molecule has 12 aromatic rings. The molecule has 3 aromatic heterocycles. The molecule has 5 heteroatoms. The molecule has 0 atom stereocenters. The number of nitrogens with zero attached hydrogens (tertiary/aromatic N) is 3. The number of anilines is 3. The van der Waals surface area contributed by atoms with Gasteiger partial charge in [0.05, 0.1) is 11.0 Å². The third-order valence-electron chi connectivity index (χ3n) is 11.4. The first kappa shape index (κ1) is 32.4. The molecule has 0 aliphatic heterocycles. The maximum absolute atomic E-state index is 6.50. The van der Waals surface area contributed by atoms with Crippen molar-refractivity contribution in [1.29, 1.82) is 0 Å². The Labute approximate surface area is 333 Å². The lowest BCUT2D eigenvalue weighted by Gasteiger charge is -2.25. The van der Waals surface area contributed by atoms with E-state index in [2.05, 4.69) is 179 Å². The zero-order chi connectivity index (χ0) is 38.2. The van der Waals surface area contributed by atoms with E-state index in [4.69, 9.17) is 13.8 Å². The molecule has 0 saturated heterocycles. The van der Waals surface area contributed by atoms with Gasteiger partial charge in [0.15, 0.2) is 5.58 Å². The van der Waals surface area contributed by atoms with Gasteiger partial charge in [0.1, 0.15) is 16.7 Å². The standard InChI is InChI=1S/C53H33N3O2/c1-3-13-34(14-4-1)40-18-9-10-21-46(40)53-54-47-31-37(26-30-50(47)58-53)55(39-25-29-44-43-20-11-12-22-49(43)57-51(44)33-39)38-24-28-42-45-27-23-35-15-7-8-19-41(35)52(45)56(48(42)32-38)36-16-5-2-6-17-36/h1-33H. The summed E-state index contributed by atoms with van der Waals surface area (Å²) < 4.78 is 15.4. The highest BCUT2D eigenvalue weighted by molar-refractivity contribution is 6.19. The molecule has 0 fully saturated rings. The van der Waals surface area contributed by atoms with E-state index >= 15 is 0 Å². The summed E-state index contributed by atoms with van der Waals surface area (Å²) in [6.45, 7) is 0. The largest absolute Gasteiger partial charge is 0.456 e. The maximum Gasteiger partial charge on any atom is 0.227 e. The van der Waals surface area contributed by atoms with Crippen molar-refractivity contribution in [2.75, 3.05) is 4.90 Å². The average molecular weight is 744 g/mol. The first-order valence-electron chi connectivity index (χ1n) is 19.5. The van der Waals surface area contributed by atoms with Gasteiger partial charge >= 0.3 is 0 Å². The van der Waals surface area contributed by atoms with Crippen LogP contribution in [-0.2, 0) is 0 Å². The molecule has 0 unspecified atom stereocenters. The van der Waals surface area contributed by atoms with Crippen LogP contribution in [0.15, 0.2) is 209 Å². The normalized spacial score (nSPS) is 11.8. The van der Waals surface area contributed by atoms with Crippen molar-refractivity contribution in [2.24, 2.45) is 0 Å². The molecular formula is C53H33N3O2. The van der Waals surface area contributed by atoms with E-state index in [0.29, 0.717) is 5.89 Å². The summed E-state index contributed by atoms with van der Waals surface area (Å²) in [6, 6.07) is 70.3.